The van der Waals surface area contributed by atoms with Gasteiger partial charge >= 0.3 is 0 Å². The van der Waals surface area contributed by atoms with Gasteiger partial charge in [0, 0.05) is 5.56 Å². The number of ether oxygens (including phenoxy) is 1. The molecule has 2 nitrogen and oxygen atoms in total. The summed E-state index contributed by atoms with van der Waals surface area (Å²) in [5.74, 6) is 0.826. The summed E-state index contributed by atoms with van der Waals surface area (Å²) in [4.78, 5) is 0. The van der Waals surface area contributed by atoms with E-state index in [4.69, 9.17) is 4.74 Å². The lowest BCUT2D eigenvalue weighted by Crippen LogP contribution is -2.37. The van der Waals surface area contributed by atoms with Crippen molar-refractivity contribution in [3.05, 3.63) is 29.8 Å². The zero-order valence-electron chi connectivity index (χ0n) is 11.0. The van der Waals surface area contributed by atoms with Crippen LogP contribution < -0.4 is 4.74 Å². The molecule has 17 heavy (non-hydrogen) atoms. The number of hydrogen-bond acceptors (Lipinski definition) is 2. The molecule has 0 spiro atoms. The van der Waals surface area contributed by atoms with E-state index in [0.717, 1.165) is 30.6 Å². The fourth-order valence-corrected chi connectivity index (χ4v) is 2.92. The maximum atomic E-state index is 11.0. The molecule has 2 heteroatoms. The molecule has 1 saturated carbocycles. The molecule has 1 atom stereocenters. The second kappa shape index (κ2) is 4.34. The first-order chi connectivity index (χ1) is 8.01. The molecule has 1 N–H and O–H groups in total. The van der Waals surface area contributed by atoms with E-state index < -0.39 is 5.60 Å². The Labute approximate surface area is 104 Å². The van der Waals surface area contributed by atoms with E-state index in [1.165, 1.54) is 0 Å². The quantitative estimate of drug-likeness (QED) is 0.867. The Morgan fingerprint density at radius 3 is 2.53 bits per heavy atom. The van der Waals surface area contributed by atoms with Crippen LogP contribution in [-0.2, 0) is 5.60 Å². The minimum Gasteiger partial charge on any atom is -0.493 e. The van der Waals surface area contributed by atoms with Crippen LogP contribution in [0.25, 0.3) is 0 Å². The molecule has 0 amide bonds. The largest absolute Gasteiger partial charge is 0.493 e. The Morgan fingerprint density at radius 2 is 1.94 bits per heavy atom. The molecule has 1 aromatic rings. The van der Waals surface area contributed by atoms with Gasteiger partial charge in [0.15, 0.2) is 0 Å². The van der Waals surface area contributed by atoms with E-state index in [1.807, 2.05) is 31.2 Å². The van der Waals surface area contributed by atoms with Crippen molar-refractivity contribution in [2.45, 2.75) is 45.6 Å². The van der Waals surface area contributed by atoms with Crippen LogP contribution in [0.4, 0.5) is 0 Å². The molecule has 0 aliphatic heterocycles. The van der Waals surface area contributed by atoms with Gasteiger partial charge in [0.05, 0.1) is 12.2 Å². The highest BCUT2D eigenvalue weighted by Gasteiger charge is 2.49. The molecule has 0 radical (unpaired) electrons. The topological polar surface area (TPSA) is 29.5 Å². The zero-order chi connectivity index (χ0) is 12.5. The fraction of sp³-hybridized carbons (Fsp3) is 0.600. The van der Waals surface area contributed by atoms with Gasteiger partial charge in [-0.3, -0.25) is 0 Å². The second-order valence-corrected chi connectivity index (χ2v) is 5.53. The molecule has 0 bridgehead atoms. The molecule has 0 heterocycles. The molecule has 1 aliphatic rings. The van der Waals surface area contributed by atoms with Crippen LogP contribution >= 0.6 is 0 Å². The zero-order valence-corrected chi connectivity index (χ0v) is 11.0. The van der Waals surface area contributed by atoms with Crippen molar-refractivity contribution in [3.63, 3.8) is 0 Å². The third-order valence-corrected chi connectivity index (χ3v) is 4.09. The molecular weight excluding hydrogens is 212 g/mol. The summed E-state index contributed by atoms with van der Waals surface area (Å²) in [5, 5.41) is 11.0. The van der Waals surface area contributed by atoms with Crippen LogP contribution in [0.5, 0.6) is 5.75 Å². The molecule has 2 rings (SSSR count). The third-order valence-electron chi connectivity index (χ3n) is 4.09. The van der Waals surface area contributed by atoms with Crippen molar-refractivity contribution >= 4 is 0 Å². The van der Waals surface area contributed by atoms with Gasteiger partial charge in [-0.05, 0) is 37.7 Å². The Hall–Kier alpha value is -1.02. The van der Waals surface area contributed by atoms with Gasteiger partial charge in [-0.15, -0.1) is 0 Å². The van der Waals surface area contributed by atoms with Crippen molar-refractivity contribution in [3.8, 4) is 5.75 Å². The van der Waals surface area contributed by atoms with Gasteiger partial charge in [-0.25, -0.2) is 0 Å². The summed E-state index contributed by atoms with van der Waals surface area (Å²) in [5.41, 5.74) is 0.114. The molecule has 94 valence electrons. The highest BCUT2D eigenvalue weighted by molar-refractivity contribution is 5.40. The Kier molecular flexibility index (Phi) is 3.17. The number of aliphatic hydroxyl groups is 1. The van der Waals surface area contributed by atoms with E-state index >= 15 is 0 Å². The molecule has 0 aromatic heterocycles. The average Bonchev–Trinajstić information content (AvgIpc) is 2.55. The van der Waals surface area contributed by atoms with E-state index in [-0.39, 0.29) is 5.41 Å². The summed E-state index contributed by atoms with van der Waals surface area (Å²) in [6, 6.07) is 7.88. The van der Waals surface area contributed by atoms with Crippen molar-refractivity contribution in [1.29, 1.82) is 0 Å². The van der Waals surface area contributed by atoms with Crippen LogP contribution in [0.2, 0.25) is 0 Å². The lowest BCUT2D eigenvalue weighted by molar-refractivity contribution is -0.0503. The fourth-order valence-electron chi connectivity index (χ4n) is 2.92. The normalized spacial score (nSPS) is 27.1. The van der Waals surface area contributed by atoms with Crippen LogP contribution in [0, 0.1) is 5.41 Å². The smallest absolute Gasteiger partial charge is 0.125 e. The van der Waals surface area contributed by atoms with Crippen molar-refractivity contribution < 1.29 is 9.84 Å². The van der Waals surface area contributed by atoms with Crippen molar-refractivity contribution in [1.82, 2.24) is 0 Å². The first-order valence-electron chi connectivity index (χ1n) is 6.46. The molecule has 1 aromatic carbocycles. The standard InChI is InChI=1S/C15H22O2/c1-4-17-13-9-6-5-8-12(13)15(16)11-7-10-14(15,2)3/h5-6,8-9,16H,4,7,10-11H2,1-3H3. The second-order valence-electron chi connectivity index (χ2n) is 5.53. The van der Waals surface area contributed by atoms with Gasteiger partial charge in [0.1, 0.15) is 5.75 Å². The molecule has 1 fully saturated rings. The molecule has 0 saturated heterocycles. The molecule has 1 aliphatic carbocycles. The first-order valence-corrected chi connectivity index (χ1v) is 6.46. The summed E-state index contributed by atoms with van der Waals surface area (Å²) < 4.78 is 5.65. The van der Waals surface area contributed by atoms with Crippen LogP contribution in [0.1, 0.15) is 45.6 Å². The van der Waals surface area contributed by atoms with Crippen molar-refractivity contribution in [2.24, 2.45) is 5.41 Å². The molecular formula is C15H22O2. The summed E-state index contributed by atoms with van der Waals surface area (Å²) >= 11 is 0. The number of para-hydroxylation sites is 1. The van der Waals surface area contributed by atoms with Gasteiger partial charge in [-0.1, -0.05) is 32.0 Å². The van der Waals surface area contributed by atoms with E-state index in [0.29, 0.717) is 6.61 Å². The van der Waals surface area contributed by atoms with Gasteiger partial charge < -0.3 is 9.84 Å². The number of rotatable bonds is 3. The predicted octanol–water partition coefficient (Wildman–Crippen LogP) is 3.48. The Balaban J connectivity index is 2.46. The maximum Gasteiger partial charge on any atom is 0.125 e. The lowest BCUT2D eigenvalue weighted by Gasteiger charge is -2.38. The summed E-state index contributed by atoms with van der Waals surface area (Å²) in [6.45, 7) is 6.89. The highest BCUT2D eigenvalue weighted by atomic mass is 16.5. The number of hydrogen-bond donors (Lipinski definition) is 1. The summed E-state index contributed by atoms with van der Waals surface area (Å²) in [6.07, 6.45) is 2.96. The Bertz CT molecular complexity index is 398. The minimum atomic E-state index is -0.751. The highest BCUT2D eigenvalue weighted by Crippen LogP contribution is 2.54. The van der Waals surface area contributed by atoms with Gasteiger partial charge in [-0.2, -0.15) is 0 Å². The average molecular weight is 234 g/mol. The lowest BCUT2D eigenvalue weighted by atomic mass is 9.73. The number of benzene rings is 1. The Morgan fingerprint density at radius 1 is 1.24 bits per heavy atom. The third kappa shape index (κ3) is 1.95. The predicted molar refractivity (Wildman–Crippen MR) is 69.1 cm³/mol. The summed E-state index contributed by atoms with van der Waals surface area (Å²) in [7, 11) is 0. The molecule has 1 unspecified atom stereocenters. The van der Waals surface area contributed by atoms with Gasteiger partial charge in [0.25, 0.3) is 0 Å². The van der Waals surface area contributed by atoms with E-state index in [2.05, 4.69) is 13.8 Å². The van der Waals surface area contributed by atoms with Crippen molar-refractivity contribution in [2.75, 3.05) is 6.61 Å². The van der Waals surface area contributed by atoms with Crippen LogP contribution in [0.3, 0.4) is 0 Å². The van der Waals surface area contributed by atoms with E-state index in [1.54, 1.807) is 0 Å². The monoisotopic (exact) mass is 234 g/mol. The minimum absolute atomic E-state index is 0.0831. The SMILES string of the molecule is CCOc1ccccc1C1(O)CCCC1(C)C. The first kappa shape index (κ1) is 12.4. The van der Waals surface area contributed by atoms with Crippen LogP contribution in [0.15, 0.2) is 24.3 Å². The maximum absolute atomic E-state index is 11.0. The van der Waals surface area contributed by atoms with Crippen LogP contribution in [-0.4, -0.2) is 11.7 Å². The van der Waals surface area contributed by atoms with E-state index in [9.17, 15) is 5.11 Å². The van der Waals surface area contributed by atoms with Gasteiger partial charge in [0.2, 0.25) is 0 Å².